The molecule has 2 rings (SSSR count). The Morgan fingerprint density at radius 1 is 1.12 bits per heavy atom. The number of rotatable bonds is 5. The number of carbonyl (C=O) groups is 1. The molecule has 24 heavy (non-hydrogen) atoms. The summed E-state index contributed by atoms with van der Waals surface area (Å²) in [6, 6.07) is 8.71. The maximum atomic E-state index is 13.0. The number of carbonyl (C=O) groups excluding carboxylic acids is 1. The molecule has 0 saturated heterocycles. The fourth-order valence-corrected chi connectivity index (χ4v) is 2.17. The zero-order valence-corrected chi connectivity index (χ0v) is 13.0. The Balaban J connectivity index is 1.90. The summed E-state index contributed by atoms with van der Waals surface area (Å²) in [4.78, 5) is 11.8. The number of hydrogen-bond acceptors (Lipinski definition) is 2. The Hall–Kier alpha value is -2.28. The van der Waals surface area contributed by atoms with Gasteiger partial charge in [0, 0.05) is 24.3 Å². The molecule has 0 atom stereocenters. The first-order chi connectivity index (χ1) is 11.3. The summed E-state index contributed by atoms with van der Waals surface area (Å²) in [5.74, 6) is -1.05. The van der Waals surface area contributed by atoms with Crippen LogP contribution in [0.15, 0.2) is 42.5 Å². The topological polar surface area (TPSA) is 41.1 Å². The van der Waals surface area contributed by atoms with Gasteiger partial charge in [0.25, 0.3) is 0 Å². The predicted molar refractivity (Wildman–Crippen MR) is 84.6 cm³/mol. The van der Waals surface area contributed by atoms with Gasteiger partial charge < -0.3 is 10.6 Å². The standard InChI is InChI=1S/C16H13ClF4N2O/c17-12-9-10(5-6-13(12)18)23-15(24)7-8-22-14-4-2-1-3-11(14)16(19,20)21/h1-6,9,22H,7-8H2,(H,23,24). The summed E-state index contributed by atoms with van der Waals surface area (Å²) in [5, 5.41) is 4.94. The van der Waals surface area contributed by atoms with Gasteiger partial charge in [-0.2, -0.15) is 13.2 Å². The van der Waals surface area contributed by atoms with Crippen molar-refractivity contribution in [1.82, 2.24) is 0 Å². The lowest BCUT2D eigenvalue weighted by atomic mass is 10.1. The summed E-state index contributed by atoms with van der Waals surface area (Å²) < 4.78 is 51.5. The van der Waals surface area contributed by atoms with Gasteiger partial charge in [-0.05, 0) is 30.3 Å². The van der Waals surface area contributed by atoms with Crippen LogP contribution >= 0.6 is 11.6 Å². The Bertz CT molecular complexity index is 734. The number of alkyl halides is 3. The van der Waals surface area contributed by atoms with E-state index in [1.54, 1.807) is 0 Å². The molecule has 0 aromatic heterocycles. The van der Waals surface area contributed by atoms with Gasteiger partial charge in [0.2, 0.25) is 5.91 Å². The van der Waals surface area contributed by atoms with Gasteiger partial charge in [-0.15, -0.1) is 0 Å². The van der Waals surface area contributed by atoms with E-state index < -0.39 is 23.5 Å². The predicted octanol–water partition coefficient (Wildman–Crippen LogP) is 4.94. The lowest BCUT2D eigenvalue weighted by Gasteiger charge is -2.14. The van der Waals surface area contributed by atoms with Crippen molar-refractivity contribution in [2.24, 2.45) is 0 Å². The first kappa shape index (κ1) is 18.1. The van der Waals surface area contributed by atoms with Crippen molar-refractivity contribution in [3.63, 3.8) is 0 Å². The minimum Gasteiger partial charge on any atom is -0.384 e. The lowest BCUT2D eigenvalue weighted by molar-refractivity contribution is -0.137. The SMILES string of the molecule is O=C(CCNc1ccccc1C(F)(F)F)Nc1ccc(F)c(Cl)c1. The second-order valence-corrected chi connectivity index (χ2v) is 5.30. The van der Waals surface area contributed by atoms with Crippen LogP contribution in [0.5, 0.6) is 0 Å². The van der Waals surface area contributed by atoms with E-state index in [0.29, 0.717) is 5.69 Å². The van der Waals surface area contributed by atoms with Crippen LogP contribution in [-0.4, -0.2) is 12.5 Å². The maximum absolute atomic E-state index is 13.0. The molecule has 0 bridgehead atoms. The van der Waals surface area contributed by atoms with Crippen LogP contribution in [0.2, 0.25) is 5.02 Å². The van der Waals surface area contributed by atoms with Crippen molar-refractivity contribution >= 4 is 28.9 Å². The van der Waals surface area contributed by atoms with E-state index in [-0.39, 0.29) is 23.7 Å². The highest BCUT2D eigenvalue weighted by Crippen LogP contribution is 2.34. The van der Waals surface area contributed by atoms with Crippen LogP contribution in [0, 0.1) is 5.82 Å². The smallest absolute Gasteiger partial charge is 0.384 e. The maximum Gasteiger partial charge on any atom is 0.418 e. The fraction of sp³-hybridized carbons (Fsp3) is 0.188. The molecule has 8 heteroatoms. The Kier molecular flexibility index (Phi) is 5.66. The third kappa shape index (κ3) is 4.86. The van der Waals surface area contributed by atoms with E-state index in [1.165, 1.54) is 30.3 Å². The number of halogens is 5. The number of para-hydroxylation sites is 1. The van der Waals surface area contributed by atoms with Crippen LogP contribution in [0.4, 0.5) is 28.9 Å². The summed E-state index contributed by atoms with van der Waals surface area (Å²) in [5.41, 5.74) is -0.583. The third-order valence-electron chi connectivity index (χ3n) is 3.10. The van der Waals surface area contributed by atoms with Crippen LogP contribution in [0.3, 0.4) is 0 Å². The molecule has 0 aliphatic heterocycles. The average Bonchev–Trinajstić information content (AvgIpc) is 2.50. The highest BCUT2D eigenvalue weighted by molar-refractivity contribution is 6.31. The molecule has 128 valence electrons. The van der Waals surface area contributed by atoms with Gasteiger partial charge in [-0.25, -0.2) is 4.39 Å². The Morgan fingerprint density at radius 2 is 1.83 bits per heavy atom. The second kappa shape index (κ2) is 7.53. The van der Waals surface area contributed by atoms with Crippen molar-refractivity contribution in [3.05, 3.63) is 58.9 Å². The minimum absolute atomic E-state index is 0.00779. The third-order valence-corrected chi connectivity index (χ3v) is 3.39. The van der Waals surface area contributed by atoms with Crippen molar-refractivity contribution in [3.8, 4) is 0 Å². The van der Waals surface area contributed by atoms with Crippen molar-refractivity contribution in [2.45, 2.75) is 12.6 Å². The Labute approximate surface area is 140 Å². The quantitative estimate of drug-likeness (QED) is 0.742. The van der Waals surface area contributed by atoms with Crippen molar-refractivity contribution < 1.29 is 22.4 Å². The summed E-state index contributed by atoms with van der Waals surface area (Å²) in [7, 11) is 0. The molecule has 2 aromatic carbocycles. The van der Waals surface area contributed by atoms with Gasteiger partial charge in [0.05, 0.1) is 10.6 Å². The molecule has 0 aliphatic rings. The molecular weight excluding hydrogens is 348 g/mol. The number of benzene rings is 2. The Morgan fingerprint density at radius 3 is 2.50 bits per heavy atom. The molecule has 2 N–H and O–H groups in total. The molecule has 1 amide bonds. The fourth-order valence-electron chi connectivity index (χ4n) is 1.99. The average molecular weight is 361 g/mol. The highest BCUT2D eigenvalue weighted by atomic mass is 35.5. The number of hydrogen-bond donors (Lipinski definition) is 2. The first-order valence-electron chi connectivity index (χ1n) is 6.92. The van der Waals surface area contributed by atoms with E-state index >= 15 is 0 Å². The van der Waals surface area contributed by atoms with Gasteiger partial charge in [-0.1, -0.05) is 23.7 Å². The van der Waals surface area contributed by atoms with E-state index in [9.17, 15) is 22.4 Å². The number of nitrogens with one attached hydrogen (secondary N) is 2. The van der Waals surface area contributed by atoms with Crippen molar-refractivity contribution in [1.29, 1.82) is 0 Å². The monoisotopic (exact) mass is 360 g/mol. The van der Waals surface area contributed by atoms with Crippen molar-refractivity contribution in [2.75, 3.05) is 17.2 Å². The van der Waals surface area contributed by atoms with Gasteiger partial charge in [-0.3, -0.25) is 4.79 Å². The molecule has 0 fully saturated rings. The minimum atomic E-state index is -4.48. The first-order valence-corrected chi connectivity index (χ1v) is 7.30. The van der Waals surface area contributed by atoms with Gasteiger partial charge >= 0.3 is 6.18 Å². The lowest BCUT2D eigenvalue weighted by Crippen LogP contribution is -2.17. The molecule has 0 unspecified atom stereocenters. The molecule has 0 spiro atoms. The molecule has 3 nitrogen and oxygen atoms in total. The van der Waals surface area contributed by atoms with E-state index in [1.807, 2.05) is 0 Å². The molecule has 0 radical (unpaired) electrons. The highest BCUT2D eigenvalue weighted by Gasteiger charge is 2.32. The molecule has 0 aliphatic carbocycles. The van der Waals surface area contributed by atoms with Gasteiger partial charge in [0.15, 0.2) is 0 Å². The van der Waals surface area contributed by atoms with Crippen LogP contribution in [0.25, 0.3) is 0 Å². The largest absolute Gasteiger partial charge is 0.418 e. The van der Waals surface area contributed by atoms with E-state index in [4.69, 9.17) is 11.6 Å². The number of amides is 1. The summed E-state index contributed by atoms with van der Waals surface area (Å²) in [6.45, 7) is 0.00779. The van der Waals surface area contributed by atoms with Crippen LogP contribution < -0.4 is 10.6 Å². The normalized spacial score (nSPS) is 11.2. The molecule has 0 heterocycles. The van der Waals surface area contributed by atoms with E-state index in [2.05, 4.69) is 10.6 Å². The number of anilines is 2. The zero-order chi connectivity index (χ0) is 17.7. The second-order valence-electron chi connectivity index (χ2n) is 4.90. The zero-order valence-electron chi connectivity index (χ0n) is 12.3. The van der Waals surface area contributed by atoms with Crippen LogP contribution in [-0.2, 0) is 11.0 Å². The van der Waals surface area contributed by atoms with E-state index in [0.717, 1.165) is 12.1 Å². The summed E-state index contributed by atoms with van der Waals surface area (Å²) >= 11 is 5.60. The van der Waals surface area contributed by atoms with Crippen LogP contribution in [0.1, 0.15) is 12.0 Å². The molecule has 2 aromatic rings. The molecule has 0 saturated carbocycles. The molecular formula is C16H13ClF4N2O. The van der Waals surface area contributed by atoms with Gasteiger partial charge in [0.1, 0.15) is 5.82 Å². The summed E-state index contributed by atoms with van der Waals surface area (Å²) in [6.07, 6.45) is -4.54.